The summed E-state index contributed by atoms with van der Waals surface area (Å²) in [4.78, 5) is 2.55. The SMILES string of the molecule is CC1C[C@@H]2CC(C)(C)C[C@H](C1)C21c2ccccc2C2(c3ccccc3-c3ccccc32)c2cc(N(c3ccc(-c4ccc(-n5c6ccccc6c6ccccc65)cc4)cc3)c3cccc4ccccc34)ccc21. The number of nitrogens with zero attached hydrogens (tertiary/aromatic N) is 2. The normalized spacial score (nSPS) is 20.7. The Bertz CT molecular complexity index is 3880. The summed E-state index contributed by atoms with van der Waals surface area (Å²) in [6, 6.07) is 87.9. The van der Waals surface area contributed by atoms with Crippen LogP contribution in [0.25, 0.3) is 60.5 Å². The van der Waals surface area contributed by atoms with E-state index in [9.17, 15) is 0 Å². The largest absolute Gasteiger partial charge is 0.310 e. The third-order valence-electron chi connectivity index (χ3n) is 18.3. The first-order valence-corrected chi connectivity index (χ1v) is 26.7. The van der Waals surface area contributed by atoms with Crippen LogP contribution in [0.5, 0.6) is 0 Å². The van der Waals surface area contributed by atoms with Gasteiger partial charge in [-0.25, -0.2) is 0 Å². The smallest absolute Gasteiger partial charge is 0.0720 e. The molecule has 2 bridgehead atoms. The second-order valence-corrected chi connectivity index (χ2v) is 22.8. The predicted octanol–water partition coefficient (Wildman–Crippen LogP) is 18.5. The van der Waals surface area contributed by atoms with Crippen LogP contribution in [-0.2, 0) is 10.8 Å². The first-order chi connectivity index (χ1) is 35.8. The number of benzene rings is 10. The molecule has 0 radical (unpaired) electrons. The number of rotatable bonds is 5. The van der Waals surface area contributed by atoms with Crippen molar-refractivity contribution >= 4 is 49.6 Å². The number of hydrogen-bond acceptors (Lipinski definition) is 1. The van der Waals surface area contributed by atoms with Gasteiger partial charge in [0.25, 0.3) is 0 Å². The highest BCUT2D eigenvalue weighted by Crippen LogP contribution is 2.70. The molecule has 1 aromatic heterocycles. The zero-order chi connectivity index (χ0) is 48.6. The van der Waals surface area contributed by atoms with Crippen LogP contribution < -0.4 is 4.90 Å². The molecule has 2 heteroatoms. The average molecular weight is 939 g/mol. The minimum absolute atomic E-state index is 0.0900. The Labute approximate surface area is 429 Å². The van der Waals surface area contributed by atoms with Crippen LogP contribution in [0.2, 0.25) is 0 Å². The fourth-order valence-electron chi connectivity index (χ4n) is 15.8. The molecular weight excluding hydrogens is 881 g/mol. The topological polar surface area (TPSA) is 8.17 Å². The van der Waals surface area contributed by atoms with E-state index in [4.69, 9.17) is 0 Å². The number of hydrogen-bond donors (Lipinski definition) is 0. The zero-order valence-corrected chi connectivity index (χ0v) is 41.9. The molecule has 352 valence electrons. The Morgan fingerprint density at radius 3 is 1.56 bits per heavy atom. The molecule has 0 N–H and O–H groups in total. The lowest BCUT2D eigenvalue weighted by Gasteiger charge is -2.63. The van der Waals surface area contributed by atoms with Crippen molar-refractivity contribution in [3.63, 3.8) is 0 Å². The standard InChI is InChI=1S/C71H58N2/c1-46-41-50-44-69(2,3)45-51(42-46)70(50)62-26-12-13-27-63(62)71(60-24-10-6-20-56(60)57-21-7-11-25-61(57)71)65-43-54(39-40-64(65)70)72(66-30-16-18-49-17-4-5-19-55(49)66)52-35-31-47(32-36-52)48-33-37-53(38-34-48)73-67-28-14-8-22-58(67)59-23-9-15-29-68(59)73/h4-40,43,46,50-51H,41-42,44-45H2,1-3H3/t46?,50-,51+,70?. The second-order valence-electron chi connectivity index (χ2n) is 22.8. The maximum absolute atomic E-state index is 2.66. The van der Waals surface area contributed by atoms with Crippen LogP contribution in [0.1, 0.15) is 79.8 Å². The Hall–Kier alpha value is -7.94. The van der Waals surface area contributed by atoms with Gasteiger partial charge in [-0.05, 0) is 164 Å². The highest BCUT2D eigenvalue weighted by atomic mass is 15.1. The molecule has 4 aliphatic carbocycles. The van der Waals surface area contributed by atoms with E-state index in [2.05, 4.69) is 261 Å². The summed E-state index contributed by atoms with van der Waals surface area (Å²) in [5.74, 6) is 1.79. The summed E-state index contributed by atoms with van der Waals surface area (Å²) in [6.07, 6.45) is 4.99. The van der Waals surface area contributed by atoms with E-state index in [1.54, 1.807) is 11.1 Å². The van der Waals surface area contributed by atoms with E-state index >= 15 is 0 Å². The molecule has 2 nitrogen and oxygen atoms in total. The molecule has 0 aliphatic heterocycles. The van der Waals surface area contributed by atoms with Crippen molar-refractivity contribution in [1.82, 2.24) is 4.57 Å². The maximum atomic E-state index is 2.66. The van der Waals surface area contributed by atoms with Crippen molar-refractivity contribution in [2.24, 2.45) is 23.2 Å². The molecule has 4 aliphatic rings. The molecule has 4 atom stereocenters. The van der Waals surface area contributed by atoms with Gasteiger partial charge in [-0.2, -0.15) is 0 Å². The minimum Gasteiger partial charge on any atom is -0.310 e. The maximum Gasteiger partial charge on any atom is 0.0720 e. The lowest BCUT2D eigenvalue weighted by molar-refractivity contribution is -0.0137. The van der Waals surface area contributed by atoms with Crippen LogP contribution in [-0.4, -0.2) is 4.57 Å². The lowest BCUT2D eigenvalue weighted by Crippen LogP contribution is -2.58. The first-order valence-electron chi connectivity index (χ1n) is 26.7. The number of anilines is 3. The fourth-order valence-corrected chi connectivity index (χ4v) is 15.8. The molecule has 0 amide bonds. The van der Waals surface area contributed by atoms with Gasteiger partial charge in [0, 0.05) is 38.6 Å². The summed E-state index contributed by atoms with van der Waals surface area (Å²) < 4.78 is 2.40. The lowest BCUT2D eigenvalue weighted by atomic mass is 9.40. The molecule has 2 unspecified atom stereocenters. The van der Waals surface area contributed by atoms with Gasteiger partial charge < -0.3 is 9.47 Å². The highest BCUT2D eigenvalue weighted by molar-refractivity contribution is 6.09. The van der Waals surface area contributed by atoms with Crippen LogP contribution in [0, 0.1) is 23.2 Å². The van der Waals surface area contributed by atoms with E-state index in [1.165, 1.54) is 114 Å². The van der Waals surface area contributed by atoms with Gasteiger partial charge in [0.15, 0.2) is 0 Å². The first kappa shape index (κ1) is 42.7. The Kier molecular flexibility index (Phi) is 9.23. The zero-order valence-electron chi connectivity index (χ0n) is 41.9. The molecule has 1 heterocycles. The number of aromatic nitrogens is 1. The third-order valence-corrected chi connectivity index (χ3v) is 18.3. The predicted molar refractivity (Wildman–Crippen MR) is 305 cm³/mol. The summed E-state index contributed by atoms with van der Waals surface area (Å²) in [5, 5.41) is 5.02. The van der Waals surface area contributed by atoms with Gasteiger partial charge in [0.1, 0.15) is 0 Å². The molecule has 73 heavy (non-hydrogen) atoms. The monoisotopic (exact) mass is 938 g/mol. The molecule has 2 saturated carbocycles. The van der Waals surface area contributed by atoms with E-state index in [1.807, 2.05) is 0 Å². The molecular formula is C71H58N2. The van der Waals surface area contributed by atoms with Gasteiger partial charge in [-0.15, -0.1) is 0 Å². The summed E-state index contributed by atoms with van der Waals surface area (Å²) in [6.45, 7) is 7.63. The second kappa shape index (κ2) is 15.8. The Balaban J connectivity index is 0.935. The summed E-state index contributed by atoms with van der Waals surface area (Å²) >= 11 is 0. The molecule has 11 aromatic rings. The third kappa shape index (κ3) is 5.98. The van der Waals surface area contributed by atoms with Crippen LogP contribution in [0.4, 0.5) is 17.1 Å². The number of fused-ring (bicyclic) bond motifs is 13. The summed E-state index contributed by atoms with van der Waals surface area (Å²) in [7, 11) is 0. The van der Waals surface area contributed by atoms with Crippen molar-refractivity contribution in [1.29, 1.82) is 0 Å². The van der Waals surface area contributed by atoms with Crippen LogP contribution >= 0.6 is 0 Å². The van der Waals surface area contributed by atoms with E-state index in [0.717, 1.165) is 11.4 Å². The van der Waals surface area contributed by atoms with Crippen LogP contribution in [0.15, 0.2) is 231 Å². The average Bonchev–Trinajstić information content (AvgIpc) is 3.92. The molecule has 0 saturated heterocycles. The number of para-hydroxylation sites is 2. The van der Waals surface area contributed by atoms with Crippen molar-refractivity contribution in [3.05, 3.63) is 264 Å². The quantitative estimate of drug-likeness (QED) is 0.167. The van der Waals surface area contributed by atoms with Gasteiger partial charge >= 0.3 is 0 Å². The highest BCUT2D eigenvalue weighted by Gasteiger charge is 2.63. The van der Waals surface area contributed by atoms with Crippen molar-refractivity contribution < 1.29 is 0 Å². The van der Waals surface area contributed by atoms with Gasteiger partial charge in [0.05, 0.1) is 22.1 Å². The van der Waals surface area contributed by atoms with Gasteiger partial charge in [0.2, 0.25) is 0 Å². The van der Waals surface area contributed by atoms with E-state index < -0.39 is 5.41 Å². The fraction of sp³-hybridized carbons (Fsp3) is 0.183. The molecule has 2 fully saturated rings. The summed E-state index contributed by atoms with van der Waals surface area (Å²) in [5.41, 5.74) is 20.8. The van der Waals surface area contributed by atoms with Gasteiger partial charge in [-0.3, -0.25) is 0 Å². The van der Waals surface area contributed by atoms with E-state index in [-0.39, 0.29) is 5.41 Å². The van der Waals surface area contributed by atoms with Crippen molar-refractivity contribution in [2.45, 2.75) is 57.3 Å². The Morgan fingerprint density at radius 2 is 0.918 bits per heavy atom. The van der Waals surface area contributed by atoms with E-state index in [0.29, 0.717) is 23.2 Å². The molecule has 2 spiro atoms. The molecule has 10 aromatic carbocycles. The van der Waals surface area contributed by atoms with Crippen molar-refractivity contribution in [3.8, 4) is 27.9 Å². The van der Waals surface area contributed by atoms with Gasteiger partial charge in [-0.1, -0.05) is 197 Å². The van der Waals surface area contributed by atoms with Crippen LogP contribution in [0.3, 0.4) is 0 Å². The molecule has 15 rings (SSSR count). The Morgan fingerprint density at radius 1 is 0.425 bits per heavy atom. The van der Waals surface area contributed by atoms with Crippen molar-refractivity contribution in [2.75, 3.05) is 4.90 Å². The minimum atomic E-state index is -0.493.